The number of methoxy groups -OCH3 is 1. The molecule has 7 nitrogen and oxygen atoms in total. The van der Waals surface area contributed by atoms with E-state index < -0.39 is 16.0 Å². The Morgan fingerprint density at radius 2 is 1.59 bits per heavy atom. The fourth-order valence-electron chi connectivity index (χ4n) is 2.44. The molecule has 0 heterocycles. The van der Waals surface area contributed by atoms with Gasteiger partial charge in [0.1, 0.15) is 4.90 Å². The van der Waals surface area contributed by atoms with Gasteiger partial charge in [-0.15, -0.1) is 0 Å². The van der Waals surface area contributed by atoms with Crippen molar-refractivity contribution in [2.45, 2.75) is 4.90 Å². The van der Waals surface area contributed by atoms with Crippen molar-refractivity contribution in [3.63, 3.8) is 0 Å². The zero-order valence-electron chi connectivity index (χ0n) is 15.5. The predicted molar refractivity (Wildman–Crippen MR) is 109 cm³/mol. The summed E-state index contributed by atoms with van der Waals surface area (Å²) >= 11 is 0. The molecule has 1 amide bonds. The van der Waals surface area contributed by atoms with Crippen LogP contribution in [0.2, 0.25) is 0 Å². The molecule has 0 fully saturated rings. The van der Waals surface area contributed by atoms with E-state index in [1.165, 1.54) is 25.5 Å². The molecular weight excluding hydrogens is 392 g/mol. The Bertz CT molecular complexity index is 1110. The minimum atomic E-state index is -4.08. The highest BCUT2D eigenvalue weighted by Gasteiger charge is 2.21. The minimum absolute atomic E-state index is 0.00572. The van der Waals surface area contributed by atoms with E-state index in [1.807, 2.05) is 0 Å². The first-order chi connectivity index (χ1) is 14.0. The van der Waals surface area contributed by atoms with Gasteiger partial charge in [0.05, 0.1) is 13.3 Å². The van der Waals surface area contributed by atoms with Gasteiger partial charge in [-0.2, -0.15) is 13.5 Å². The summed E-state index contributed by atoms with van der Waals surface area (Å²) in [5, 5.41) is 3.90. The lowest BCUT2D eigenvalue weighted by molar-refractivity contribution is 0.0955. The standard InChI is InChI=1S/C21H18N2O5S/c1-27-19-14-8-11-17(15-22-23-21(24)16-9-4-2-5-10-16)20(19)28-29(25,26)18-12-6-3-7-13-18/h2-15H,1H3,(H,23,24). The van der Waals surface area contributed by atoms with Crippen molar-refractivity contribution in [2.24, 2.45) is 5.10 Å². The number of carbonyl (C=O) groups excluding carboxylic acids is 1. The summed E-state index contributed by atoms with van der Waals surface area (Å²) in [5.74, 6) is -0.219. The summed E-state index contributed by atoms with van der Waals surface area (Å²) in [6.07, 6.45) is 1.29. The molecule has 0 aliphatic heterocycles. The van der Waals surface area contributed by atoms with Crippen LogP contribution in [0.15, 0.2) is 88.9 Å². The van der Waals surface area contributed by atoms with Gasteiger partial charge in [0, 0.05) is 11.1 Å². The number of amides is 1. The van der Waals surface area contributed by atoms with E-state index in [2.05, 4.69) is 10.5 Å². The maximum absolute atomic E-state index is 12.6. The topological polar surface area (TPSA) is 94.1 Å². The van der Waals surface area contributed by atoms with Crippen molar-refractivity contribution in [3.05, 3.63) is 90.0 Å². The molecule has 3 aromatic rings. The highest BCUT2D eigenvalue weighted by atomic mass is 32.2. The van der Waals surface area contributed by atoms with Crippen molar-refractivity contribution in [2.75, 3.05) is 7.11 Å². The normalized spacial score (nSPS) is 11.2. The van der Waals surface area contributed by atoms with Gasteiger partial charge >= 0.3 is 10.1 Å². The molecule has 0 aromatic heterocycles. The van der Waals surface area contributed by atoms with Crippen LogP contribution in [-0.2, 0) is 10.1 Å². The lowest BCUT2D eigenvalue weighted by atomic mass is 10.2. The van der Waals surface area contributed by atoms with E-state index in [0.717, 1.165) is 0 Å². The van der Waals surface area contributed by atoms with Crippen molar-refractivity contribution < 1.29 is 22.1 Å². The van der Waals surface area contributed by atoms with Gasteiger partial charge in [-0.25, -0.2) is 5.43 Å². The molecule has 0 saturated carbocycles. The molecule has 0 unspecified atom stereocenters. The Balaban J connectivity index is 1.86. The number of rotatable bonds is 7. The van der Waals surface area contributed by atoms with Crippen LogP contribution in [0.1, 0.15) is 15.9 Å². The van der Waals surface area contributed by atoms with E-state index in [9.17, 15) is 13.2 Å². The van der Waals surface area contributed by atoms with Crippen LogP contribution >= 0.6 is 0 Å². The molecule has 0 saturated heterocycles. The molecule has 0 bridgehead atoms. The molecule has 1 N–H and O–H groups in total. The molecule has 0 atom stereocenters. The third-order valence-corrected chi connectivity index (χ3v) is 5.10. The number of benzene rings is 3. The van der Waals surface area contributed by atoms with Crippen molar-refractivity contribution in [1.82, 2.24) is 5.43 Å². The number of nitrogens with one attached hydrogen (secondary N) is 1. The van der Waals surface area contributed by atoms with Crippen LogP contribution in [0.3, 0.4) is 0 Å². The number of ether oxygens (including phenoxy) is 1. The van der Waals surface area contributed by atoms with Crippen LogP contribution in [0, 0.1) is 0 Å². The second-order valence-corrected chi connectivity index (χ2v) is 7.34. The van der Waals surface area contributed by atoms with Gasteiger partial charge < -0.3 is 8.92 Å². The Morgan fingerprint density at radius 3 is 2.24 bits per heavy atom. The fraction of sp³-hybridized carbons (Fsp3) is 0.0476. The minimum Gasteiger partial charge on any atom is -0.493 e. The Morgan fingerprint density at radius 1 is 0.931 bits per heavy atom. The first-order valence-electron chi connectivity index (χ1n) is 8.56. The largest absolute Gasteiger partial charge is 0.493 e. The predicted octanol–water partition coefficient (Wildman–Crippen LogP) is 3.23. The Hall–Kier alpha value is -3.65. The number of hydrogen-bond donors (Lipinski definition) is 1. The maximum atomic E-state index is 12.6. The maximum Gasteiger partial charge on any atom is 0.339 e. The Kier molecular flexibility index (Phi) is 6.25. The summed E-state index contributed by atoms with van der Waals surface area (Å²) in [7, 11) is -2.68. The van der Waals surface area contributed by atoms with Crippen LogP contribution < -0.4 is 14.3 Å². The highest BCUT2D eigenvalue weighted by Crippen LogP contribution is 2.32. The molecule has 0 aliphatic carbocycles. The van der Waals surface area contributed by atoms with Crippen molar-refractivity contribution in [3.8, 4) is 11.5 Å². The number of carbonyl (C=O) groups is 1. The molecule has 3 rings (SSSR count). The summed E-state index contributed by atoms with van der Waals surface area (Å²) in [6, 6.07) is 21.1. The molecule has 0 spiro atoms. The SMILES string of the molecule is COc1cccc(C=NNC(=O)c2ccccc2)c1OS(=O)(=O)c1ccccc1. The van der Waals surface area contributed by atoms with Crippen LogP contribution in [0.5, 0.6) is 11.5 Å². The summed E-state index contributed by atoms with van der Waals surface area (Å²) in [4.78, 5) is 12.1. The van der Waals surface area contributed by atoms with Crippen LogP contribution in [0.25, 0.3) is 0 Å². The highest BCUT2D eigenvalue weighted by molar-refractivity contribution is 7.87. The summed E-state index contributed by atoms with van der Waals surface area (Å²) in [5.41, 5.74) is 3.15. The van der Waals surface area contributed by atoms with E-state index in [1.54, 1.807) is 66.7 Å². The van der Waals surface area contributed by atoms with Gasteiger partial charge in [-0.1, -0.05) is 42.5 Å². The smallest absolute Gasteiger partial charge is 0.339 e. The van der Waals surface area contributed by atoms with E-state index in [-0.39, 0.29) is 16.4 Å². The lowest BCUT2D eigenvalue weighted by Gasteiger charge is -2.13. The molecule has 0 radical (unpaired) electrons. The van der Waals surface area contributed by atoms with Crippen molar-refractivity contribution in [1.29, 1.82) is 0 Å². The van der Waals surface area contributed by atoms with Gasteiger partial charge in [0.2, 0.25) is 0 Å². The van der Waals surface area contributed by atoms with E-state index >= 15 is 0 Å². The number of nitrogens with zero attached hydrogens (tertiary/aromatic N) is 1. The van der Waals surface area contributed by atoms with Crippen LogP contribution in [0.4, 0.5) is 0 Å². The van der Waals surface area contributed by atoms with Gasteiger partial charge in [-0.05, 0) is 36.4 Å². The van der Waals surface area contributed by atoms with E-state index in [4.69, 9.17) is 8.92 Å². The summed E-state index contributed by atoms with van der Waals surface area (Å²) < 4.78 is 35.7. The number of hydrazone groups is 1. The first-order valence-corrected chi connectivity index (χ1v) is 9.97. The molecule has 0 aliphatic rings. The quantitative estimate of drug-likeness (QED) is 0.367. The molecule has 29 heavy (non-hydrogen) atoms. The van der Waals surface area contributed by atoms with Crippen LogP contribution in [-0.4, -0.2) is 27.6 Å². The zero-order chi connectivity index (χ0) is 20.7. The Labute approximate surface area is 168 Å². The molecule has 8 heteroatoms. The second kappa shape index (κ2) is 9.03. The first kappa shape index (κ1) is 20.1. The van der Waals surface area contributed by atoms with Crippen molar-refractivity contribution >= 4 is 22.2 Å². The van der Waals surface area contributed by atoms with Gasteiger partial charge in [0.15, 0.2) is 11.5 Å². The average molecular weight is 410 g/mol. The average Bonchev–Trinajstić information content (AvgIpc) is 2.75. The third kappa shape index (κ3) is 4.99. The third-order valence-electron chi connectivity index (χ3n) is 3.86. The second-order valence-electron chi connectivity index (χ2n) is 5.79. The molecular formula is C21H18N2O5S. The number of para-hydroxylation sites is 1. The van der Waals surface area contributed by atoms with Gasteiger partial charge in [-0.3, -0.25) is 4.79 Å². The zero-order valence-corrected chi connectivity index (χ0v) is 16.3. The fourth-order valence-corrected chi connectivity index (χ4v) is 3.43. The monoisotopic (exact) mass is 410 g/mol. The molecule has 148 valence electrons. The number of hydrogen-bond acceptors (Lipinski definition) is 6. The van der Waals surface area contributed by atoms with E-state index in [0.29, 0.717) is 11.1 Å². The molecule has 3 aromatic carbocycles. The van der Waals surface area contributed by atoms with Gasteiger partial charge in [0.25, 0.3) is 5.91 Å². The lowest BCUT2D eigenvalue weighted by Crippen LogP contribution is -2.17. The summed E-state index contributed by atoms with van der Waals surface area (Å²) in [6.45, 7) is 0.